The van der Waals surface area contributed by atoms with E-state index in [0.717, 1.165) is 0 Å². The van der Waals surface area contributed by atoms with Gasteiger partial charge in [-0.25, -0.2) is 18.0 Å². The predicted octanol–water partition coefficient (Wildman–Crippen LogP) is 1.76. The van der Waals surface area contributed by atoms with Crippen LogP contribution in [0.1, 0.15) is 49.4 Å². The number of esters is 2. The van der Waals surface area contributed by atoms with Crippen LogP contribution in [0.2, 0.25) is 0 Å². The molecule has 1 heterocycles. The van der Waals surface area contributed by atoms with Crippen molar-refractivity contribution in [2.24, 2.45) is 0 Å². The molecule has 1 unspecified atom stereocenters. The molecule has 1 aromatic carbocycles. The first kappa shape index (κ1) is 23.9. The molecule has 0 aliphatic rings. The quantitative estimate of drug-likeness (QED) is 0.359. The van der Waals surface area contributed by atoms with Crippen molar-refractivity contribution in [2.75, 3.05) is 13.7 Å². The van der Waals surface area contributed by atoms with E-state index in [9.17, 15) is 22.8 Å². The smallest absolute Gasteiger partial charge is 0.339 e. The highest BCUT2D eigenvalue weighted by atomic mass is 32.2. The minimum absolute atomic E-state index is 0.0604. The van der Waals surface area contributed by atoms with E-state index >= 15 is 0 Å². The summed E-state index contributed by atoms with van der Waals surface area (Å²) in [6.07, 6.45) is 3.88. The van der Waals surface area contributed by atoms with E-state index < -0.39 is 33.8 Å². The van der Waals surface area contributed by atoms with Gasteiger partial charge >= 0.3 is 11.9 Å². The zero-order chi connectivity index (χ0) is 23.3. The Morgan fingerprint density at radius 1 is 1.16 bits per heavy atom. The van der Waals surface area contributed by atoms with Crippen LogP contribution in [0.5, 0.6) is 0 Å². The van der Waals surface area contributed by atoms with E-state index in [4.69, 9.17) is 15.9 Å². The maximum Gasteiger partial charge on any atom is 0.339 e. The average molecular weight is 446 g/mol. The van der Waals surface area contributed by atoms with E-state index in [1.165, 1.54) is 38.3 Å². The van der Waals surface area contributed by atoms with Gasteiger partial charge in [0.05, 0.1) is 35.4 Å². The van der Waals surface area contributed by atoms with E-state index in [0.29, 0.717) is 11.3 Å². The maximum atomic E-state index is 12.7. The first-order valence-corrected chi connectivity index (χ1v) is 10.6. The van der Waals surface area contributed by atoms with Crippen LogP contribution in [0.25, 0.3) is 0 Å². The van der Waals surface area contributed by atoms with Crippen LogP contribution in [0.3, 0.4) is 0 Å². The standard InChI is InChI=1S/C21H22N2O7S/c1-6-11-22-31(27,28)16-9-7-15(8-10-16)20(25)30-14(4)19(24)18-12(2)17(13(3)23-18)21(26)29-5/h1,7-10,14,22-23H,11H2,2-5H3. The van der Waals surface area contributed by atoms with E-state index in [1.807, 2.05) is 0 Å². The fourth-order valence-corrected chi connectivity index (χ4v) is 3.81. The number of Topliss-reactive ketones (excluding diaryl/α,β-unsaturated/α-hetero) is 1. The minimum atomic E-state index is -3.79. The zero-order valence-electron chi connectivity index (χ0n) is 17.4. The lowest BCUT2D eigenvalue weighted by Gasteiger charge is -2.12. The minimum Gasteiger partial charge on any atom is -0.465 e. The molecule has 9 nitrogen and oxygen atoms in total. The van der Waals surface area contributed by atoms with Crippen molar-refractivity contribution in [1.29, 1.82) is 0 Å². The third-order valence-corrected chi connectivity index (χ3v) is 5.91. The van der Waals surface area contributed by atoms with Gasteiger partial charge in [0.2, 0.25) is 15.8 Å². The molecule has 0 fully saturated rings. The zero-order valence-corrected chi connectivity index (χ0v) is 18.3. The Hall–Kier alpha value is -3.42. The molecule has 0 amide bonds. The van der Waals surface area contributed by atoms with Crippen LogP contribution < -0.4 is 4.72 Å². The number of carbonyl (C=O) groups excluding carboxylic acids is 3. The summed E-state index contributed by atoms with van der Waals surface area (Å²) in [6.45, 7) is 4.45. The largest absolute Gasteiger partial charge is 0.465 e. The lowest BCUT2D eigenvalue weighted by molar-refractivity contribution is 0.0316. The molecule has 0 saturated heterocycles. The number of aromatic amines is 1. The Morgan fingerprint density at radius 3 is 2.32 bits per heavy atom. The SMILES string of the molecule is C#CCNS(=O)(=O)c1ccc(C(=O)OC(C)C(=O)c2[nH]c(C)c(C(=O)OC)c2C)cc1. The summed E-state index contributed by atoms with van der Waals surface area (Å²) in [4.78, 5) is 39.8. The summed E-state index contributed by atoms with van der Waals surface area (Å²) in [5.41, 5.74) is 1.30. The van der Waals surface area contributed by atoms with Crippen LogP contribution in [0.4, 0.5) is 0 Å². The molecule has 10 heteroatoms. The van der Waals surface area contributed by atoms with E-state index in [-0.39, 0.29) is 28.3 Å². The molecule has 31 heavy (non-hydrogen) atoms. The number of aryl methyl sites for hydroxylation is 1. The molecule has 0 saturated carbocycles. The van der Waals surface area contributed by atoms with Gasteiger partial charge in [-0.2, -0.15) is 4.72 Å². The average Bonchev–Trinajstić information content (AvgIpc) is 3.05. The predicted molar refractivity (Wildman–Crippen MR) is 111 cm³/mol. The number of ketones is 1. The molecule has 0 spiro atoms. The fourth-order valence-electron chi connectivity index (χ4n) is 2.88. The van der Waals surface area contributed by atoms with Gasteiger partial charge in [0.1, 0.15) is 0 Å². The highest BCUT2D eigenvalue weighted by molar-refractivity contribution is 7.89. The normalized spacial score (nSPS) is 12.0. The van der Waals surface area contributed by atoms with Gasteiger partial charge in [0.15, 0.2) is 6.10 Å². The van der Waals surface area contributed by atoms with Crippen LogP contribution in [0, 0.1) is 26.2 Å². The molecule has 2 N–H and O–H groups in total. The highest BCUT2D eigenvalue weighted by Gasteiger charge is 2.27. The molecule has 2 aromatic rings. The molecule has 0 bridgehead atoms. The number of carbonyl (C=O) groups is 3. The van der Waals surface area contributed by atoms with Gasteiger partial charge in [-0.1, -0.05) is 5.92 Å². The Balaban J connectivity index is 2.15. The lowest BCUT2D eigenvalue weighted by Crippen LogP contribution is -2.26. The van der Waals surface area contributed by atoms with Gasteiger partial charge in [0.25, 0.3) is 0 Å². The molecule has 1 atom stereocenters. The summed E-state index contributed by atoms with van der Waals surface area (Å²) in [6, 6.07) is 4.98. The first-order valence-electron chi connectivity index (χ1n) is 9.09. The van der Waals surface area contributed by atoms with Crippen LogP contribution in [0.15, 0.2) is 29.2 Å². The Kier molecular flexibility index (Phi) is 7.38. The molecule has 0 radical (unpaired) electrons. The van der Waals surface area contributed by atoms with Crippen molar-refractivity contribution in [3.05, 3.63) is 52.3 Å². The second-order valence-electron chi connectivity index (χ2n) is 6.58. The first-order chi connectivity index (χ1) is 14.5. The molecular formula is C21H22N2O7S. The van der Waals surface area contributed by atoms with E-state index in [2.05, 4.69) is 15.6 Å². The van der Waals surface area contributed by atoms with Crippen molar-refractivity contribution in [1.82, 2.24) is 9.71 Å². The number of terminal acetylenes is 1. The van der Waals surface area contributed by atoms with Crippen molar-refractivity contribution < 1.29 is 32.3 Å². The van der Waals surface area contributed by atoms with Crippen LogP contribution in [-0.2, 0) is 19.5 Å². The molecule has 1 aromatic heterocycles. The van der Waals surface area contributed by atoms with Crippen molar-refractivity contribution >= 4 is 27.7 Å². The highest BCUT2D eigenvalue weighted by Crippen LogP contribution is 2.21. The number of nitrogens with one attached hydrogen (secondary N) is 2. The van der Waals surface area contributed by atoms with Gasteiger partial charge in [-0.15, -0.1) is 6.42 Å². The molecular weight excluding hydrogens is 424 g/mol. The van der Waals surface area contributed by atoms with Crippen molar-refractivity contribution in [3.63, 3.8) is 0 Å². The Morgan fingerprint density at radius 2 is 1.77 bits per heavy atom. The number of rotatable bonds is 8. The topological polar surface area (TPSA) is 132 Å². The Bertz CT molecular complexity index is 1160. The maximum absolute atomic E-state index is 12.7. The van der Waals surface area contributed by atoms with Crippen molar-refractivity contribution in [3.8, 4) is 12.3 Å². The number of methoxy groups -OCH3 is 1. The number of ether oxygens (including phenoxy) is 2. The number of hydrogen-bond acceptors (Lipinski definition) is 7. The summed E-state index contributed by atoms with van der Waals surface area (Å²) in [5, 5.41) is 0. The summed E-state index contributed by atoms with van der Waals surface area (Å²) < 4.78 is 36.2. The van der Waals surface area contributed by atoms with Crippen molar-refractivity contribution in [2.45, 2.75) is 31.8 Å². The summed E-state index contributed by atoms with van der Waals surface area (Å²) in [5.74, 6) is 0.245. The Labute approximate surface area is 180 Å². The molecule has 0 aliphatic carbocycles. The molecule has 2 rings (SSSR count). The van der Waals surface area contributed by atoms with Crippen LogP contribution >= 0.6 is 0 Å². The van der Waals surface area contributed by atoms with Gasteiger partial charge < -0.3 is 14.5 Å². The van der Waals surface area contributed by atoms with Gasteiger partial charge in [-0.3, -0.25) is 4.79 Å². The number of benzene rings is 1. The van der Waals surface area contributed by atoms with Gasteiger partial charge in [-0.05, 0) is 50.6 Å². The third kappa shape index (κ3) is 5.20. The number of H-pyrrole nitrogens is 1. The van der Waals surface area contributed by atoms with Gasteiger partial charge in [0, 0.05) is 5.69 Å². The monoisotopic (exact) mass is 446 g/mol. The lowest BCUT2D eigenvalue weighted by atomic mass is 10.1. The molecule has 0 aliphatic heterocycles. The molecule has 164 valence electrons. The third-order valence-electron chi connectivity index (χ3n) is 4.49. The number of aromatic nitrogens is 1. The summed E-state index contributed by atoms with van der Waals surface area (Å²) in [7, 11) is -2.56. The second kappa shape index (κ2) is 9.59. The second-order valence-corrected chi connectivity index (χ2v) is 8.35. The van der Waals surface area contributed by atoms with E-state index in [1.54, 1.807) is 13.8 Å². The number of sulfonamides is 1. The number of hydrogen-bond donors (Lipinski definition) is 2. The fraction of sp³-hybridized carbons (Fsp3) is 0.286. The van der Waals surface area contributed by atoms with Crippen LogP contribution in [-0.4, -0.2) is 50.9 Å². The summed E-state index contributed by atoms with van der Waals surface area (Å²) >= 11 is 0.